The third-order valence-corrected chi connectivity index (χ3v) is 9.81. The van der Waals surface area contributed by atoms with Gasteiger partial charge in [-0.15, -0.1) is 0 Å². The van der Waals surface area contributed by atoms with Gasteiger partial charge in [0.15, 0.2) is 17.0 Å². The second kappa shape index (κ2) is 14.7. The fourth-order valence-corrected chi connectivity index (χ4v) is 7.06. The van der Waals surface area contributed by atoms with Crippen molar-refractivity contribution in [2.45, 2.75) is 62.4 Å². The molecule has 2 aromatic heterocycles. The van der Waals surface area contributed by atoms with Crippen molar-refractivity contribution in [1.29, 1.82) is 0 Å². The first-order chi connectivity index (χ1) is 24.4. The number of aliphatic hydroxyl groups is 2. The number of nitrogens with zero attached hydrogens (tertiary/aromatic N) is 5. The van der Waals surface area contributed by atoms with E-state index < -0.39 is 24.3 Å². The highest BCUT2D eigenvalue weighted by Crippen LogP contribution is 2.35. The Bertz CT molecular complexity index is 1880. The minimum absolute atomic E-state index is 0.0204. The van der Waals surface area contributed by atoms with Gasteiger partial charge in [-0.2, -0.15) is 9.97 Å². The standard InChI is InChI=1S/C38H42N8O4/c1-2-31(47)42-29-20-30(34(49)33(29)48)46-23-40-32-35(39-21-28(24-12-6-3-7-13-24)25-14-8-4-9-15-25)43-38(44-36(32)46)45-19-18-27(22-45)41-37(50)26-16-10-5-11-17-26/h3-17,23,27-30,33-34,48-49H,2,18-22H2,1H3,(H,41,50)(H,42,47)(H,39,43,44)/t27-,29+,30-,33-,34+/m1/s1. The van der Waals surface area contributed by atoms with Gasteiger partial charge < -0.3 is 35.6 Å². The van der Waals surface area contributed by atoms with Crippen molar-refractivity contribution < 1.29 is 19.8 Å². The molecule has 5 aromatic rings. The third-order valence-electron chi connectivity index (χ3n) is 9.81. The predicted molar refractivity (Wildman–Crippen MR) is 191 cm³/mol. The number of amides is 2. The first-order valence-electron chi connectivity index (χ1n) is 17.2. The van der Waals surface area contributed by atoms with E-state index in [1.165, 1.54) is 0 Å². The molecule has 7 rings (SSSR count). The van der Waals surface area contributed by atoms with E-state index in [-0.39, 0.29) is 30.2 Å². The maximum Gasteiger partial charge on any atom is 0.251 e. The molecule has 2 amide bonds. The lowest BCUT2D eigenvalue weighted by atomic mass is 9.91. The van der Waals surface area contributed by atoms with Crippen LogP contribution in [0.25, 0.3) is 11.2 Å². The topological polar surface area (TPSA) is 158 Å². The highest BCUT2D eigenvalue weighted by Gasteiger charge is 2.44. The second-order valence-corrected chi connectivity index (χ2v) is 13.0. The van der Waals surface area contributed by atoms with Crippen LogP contribution in [0.1, 0.15) is 59.6 Å². The molecule has 12 nitrogen and oxygen atoms in total. The van der Waals surface area contributed by atoms with Crippen molar-refractivity contribution in [3.8, 4) is 0 Å². The summed E-state index contributed by atoms with van der Waals surface area (Å²) in [6.07, 6.45) is 0.643. The van der Waals surface area contributed by atoms with Crippen LogP contribution in [0.2, 0.25) is 0 Å². The largest absolute Gasteiger partial charge is 0.388 e. The molecule has 1 aliphatic heterocycles. The van der Waals surface area contributed by atoms with E-state index in [9.17, 15) is 19.8 Å². The molecule has 0 spiro atoms. The Labute approximate surface area is 290 Å². The van der Waals surface area contributed by atoms with Crippen LogP contribution in [0.4, 0.5) is 11.8 Å². The lowest BCUT2D eigenvalue weighted by Gasteiger charge is -2.22. The minimum Gasteiger partial charge on any atom is -0.388 e. The molecule has 1 aliphatic carbocycles. The zero-order valence-electron chi connectivity index (χ0n) is 27.9. The lowest BCUT2D eigenvalue weighted by Crippen LogP contribution is -2.42. The Hall–Kier alpha value is -5.33. The van der Waals surface area contributed by atoms with Gasteiger partial charge in [0, 0.05) is 43.6 Å². The predicted octanol–water partition coefficient (Wildman–Crippen LogP) is 3.64. The number of imidazole rings is 1. The molecule has 50 heavy (non-hydrogen) atoms. The second-order valence-electron chi connectivity index (χ2n) is 13.0. The van der Waals surface area contributed by atoms with Crippen LogP contribution in [-0.4, -0.2) is 85.5 Å². The first kappa shape index (κ1) is 33.2. The zero-order valence-corrected chi connectivity index (χ0v) is 27.9. The van der Waals surface area contributed by atoms with E-state index in [4.69, 9.17) is 15.0 Å². The summed E-state index contributed by atoms with van der Waals surface area (Å²) in [6.45, 7) is 3.42. The number of rotatable bonds is 11. The number of carbonyl (C=O) groups excluding carboxylic acids is 2. The van der Waals surface area contributed by atoms with Gasteiger partial charge in [-0.25, -0.2) is 4.98 Å². The van der Waals surface area contributed by atoms with Crippen LogP contribution in [0.15, 0.2) is 97.3 Å². The average Bonchev–Trinajstić information content (AvgIpc) is 3.87. The molecule has 0 bridgehead atoms. The van der Waals surface area contributed by atoms with Gasteiger partial charge in [0.25, 0.3) is 5.91 Å². The molecule has 5 atom stereocenters. The lowest BCUT2D eigenvalue weighted by molar-refractivity contribution is -0.122. The Morgan fingerprint density at radius 1 is 0.880 bits per heavy atom. The van der Waals surface area contributed by atoms with Crippen LogP contribution >= 0.6 is 0 Å². The molecule has 1 saturated heterocycles. The number of fused-ring (bicyclic) bond motifs is 1. The van der Waals surface area contributed by atoms with Gasteiger partial charge in [-0.05, 0) is 36.1 Å². The van der Waals surface area contributed by atoms with Crippen molar-refractivity contribution in [1.82, 2.24) is 30.2 Å². The number of aromatic nitrogens is 4. The van der Waals surface area contributed by atoms with Crippen molar-refractivity contribution in [3.63, 3.8) is 0 Å². The fraction of sp³-hybridized carbons (Fsp3) is 0.342. The summed E-state index contributed by atoms with van der Waals surface area (Å²) in [7, 11) is 0. The zero-order chi connectivity index (χ0) is 34.6. The van der Waals surface area contributed by atoms with Crippen molar-refractivity contribution in [2.75, 3.05) is 29.9 Å². The number of nitrogens with one attached hydrogen (secondary N) is 3. The van der Waals surface area contributed by atoms with Gasteiger partial charge in [0.2, 0.25) is 11.9 Å². The number of carbonyl (C=O) groups is 2. The smallest absolute Gasteiger partial charge is 0.251 e. The summed E-state index contributed by atoms with van der Waals surface area (Å²) in [5.41, 5.74) is 3.95. The van der Waals surface area contributed by atoms with E-state index >= 15 is 0 Å². The van der Waals surface area contributed by atoms with Crippen LogP contribution in [0.5, 0.6) is 0 Å². The maximum atomic E-state index is 12.9. The maximum absolute atomic E-state index is 12.9. The average molecular weight is 675 g/mol. The van der Waals surface area contributed by atoms with Gasteiger partial charge >= 0.3 is 0 Å². The molecule has 2 aliphatic rings. The highest BCUT2D eigenvalue weighted by molar-refractivity contribution is 5.94. The fourth-order valence-electron chi connectivity index (χ4n) is 7.06. The number of aliphatic hydroxyl groups excluding tert-OH is 2. The number of hydrogen-bond acceptors (Lipinski definition) is 9. The summed E-state index contributed by atoms with van der Waals surface area (Å²) in [4.78, 5) is 41.9. The summed E-state index contributed by atoms with van der Waals surface area (Å²) in [5.74, 6) is 0.717. The molecule has 3 heterocycles. The number of anilines is 2. The number of benzene rings is 3. The molecule has 0 unspecified atom stereocenters. The van der Waals surface area contributed by atoms with E-state index in [0.29, 0.717) is 54.5 Å². The van der Waals surface area contributed by atoms with Crippen molar-refractivity contribution in [2.24, 2.45) is 0 Å². The molecule has 5 N–H and O–H groups in total. The monoisotopic (exact) mass is 674 g/mol. The molecular formula is C38H42N8O4. The van der Waals surface area contributed by atoms with Gasteiger partial charge in [-0.1, -0.05) is 85.8 Å². The van der Waals surface area contributed by atoms with E-state index in [2.05, 4.69) is 40.2 Å². The van der Waals surface area contributed by atoms with Crippen LogP contribution in [0.3, 0.4) is 0 Å². The third kappa shape index (κ3) is 6.89. The summed E-state index contributed by atoms with van der Waals surface area (Å²) in [6, 6.07) is 28.5. The summed E-state index contributed by atoms with van der Waals surface area (Å²) >= 11 is 0. The van der Waals surface area contributed by atoms with Crippen LogP contribution < -0.4 is 20.9 Å². The Kier molecular flexibility index (Phi) is 9.72. The highest BCUT2D eigenvalue weighted by atomic mass is 16.3. The van der Waals surface area contributed by atoms with Gasteiger partial charge in [0.05, 0.1) is 18.4 Å². The first-order valence-corrected chi connectivity index (χ1v) is 17.2. The molecule has 1 saturated carbocycles. The van der Waals surface area contributed by atoms with Crippen LogP contribution in [-0.2, 0) is 4.79 Å². The Morgan fingerprint density at radius 2 is 1.54 bits per heavy atom. The van der Waals surface area contributed by atoms with Gasteiger partial charge in [0.1, 0.15) is 12.2 Å². The molecule has 258 valence electrons. The quantitative estimate of drug-likeness (QED) is 0.141. The van der Waals surface area contributed by atoms with E-state index in [1.54, 1.807) is 30.0 Å². The molecular weight excluding hydrogens is 632 g/mol. The van der Waals surface area contributed by atoms with Crippen molar-refractivity contribution in [3.05, 3.63) is 114 Å². The molecule has 2 fully saturated rings. The SMILES string of the molecule is CCC(=O)N[C@H]1C[C@@H](n2cnc3c(NCC(c4ccccc4)c4ccccc4)nc(N4CC[C@@H](NC(=O)c5ccccc5)C4)nc32)[C@H](O)[C@@H]1O. The van der Waals surface area contributed by atoms with E-state index in [1.807, 2.05) is 59.5 Å². The number of hydrogen-bond donors (Lipinski definition) is 5. The summed E-state index contributed by atoms with van der Waals surface area (Å²) in [5, 5.41) is 31.6. The summed E-state index contributed by atoms with van der Waals surface area (Å²) < 4.78 is 1.79. The van der Waals surface area contributed by atoms with Crippen LogP contribution in [0, 0.1) is 0 Å². The minimum atomic E-state index is -1.14. The molecule has 3 aromatic carbocycles. The van der Waals surface area contributed by atoms with E-state index in [0.717, 1.165) is 17.5 Å². The molecule has 0 radical (unpaired) electrons. The van der Waals surface area contributed by atoms with Gasteiger partial charge in [-0.3, -0.25) is 9.59 Å². The Morgan fingerprint density at radius 3 is 2.20 bits per heavy atom. The normalized spacial score (nSPS) is 21.8. The Balaban J connectivity index is 1.21. The van der Waals surface area contributed by atoms with Crippen molar-refractivity contribution >= 4 is 34.7 Å². The molecule has 12 heteroatoms.